The second kappa shape index (κ2) is 13.3. The quantitative estimate of drug-likeness (QED) is 0.474. The lowest BCUT2D eigenvalue weighted by Gasteiger charge is -2.44. The van der Waals surface area contributed by atoms with Crippen LogP contribution < -0.4 is 15.9 Å². The third kappa shape index (κ3) is 6.67. The molecule has 0 saturated heterocycles. The molecule has 7 nitrogen and oxygen atoms in total. The van der Waals surface area contributed by atoms with Crippen LogP contribution in [-0.4, -0.2) is 65.7 Å². The third-order valence-electron chi connectivity index (χ3n) is 9.39. The van der Waals surface area contributed by atoms with Gasteiger partial charge in [0.15, 0.2) is 0 Å². The van der Waals surface area contributed by atoms with Gasteiger partial charge in [-0.1, -0.05) is 51.2 Å². The van der Waals surface area contributed by atoms with Gasteiger partial charge in [-0.25, -0.2) is 4.79 Å². The number of hydrogen-bond donors (Lipinski definition) is 2. The minimum Gasteiger partial charge on any atom is -0.361 e. The Hall–Kier alpha value is -2.41. The first-order valence-electron chi connectivity index (χ1n) is 15.4. The highest BCUT2D eigenvalue weighted by atomic mass is 16.2. The van der Waals surface area contributed by atoms with E-state index in [2.05, 4.69) is 36.4 Å². The van der Waals surface area contributed by atoms with Crippen LogP contribution in [0.25, 0.3) is 11.6 Å². The van der Waals surface area contributed by atoms with E-state index < -0.39 is 0 Å². The van der Waals surface area contributed by atoms with Crippen molar-refractivity contribution in [3.05, 3.63) is 22.3 Å². The summed E-state index contributed by atoms with van der Waals surface area (Å²) >= 11 is 0. The number of imide groups is 1. The summed E-state index contributed by atoms with van der Waals surface area (Å²) in [6, 6.07) is -0.286. The summed E-state index contributed by atoms with van der Waals surface area (Å²) in [4.78, 5) is 45.7. The van der Waals surface area contributed by atoms with E-state index in [4.69, 9.17) is 0 Å². The van der Waals surface area contributed by atoms with Gasteiger partial charge in [0, 0.05) is 35.8 Å². The summed E-state index contributed by atoms with van der Waals surface area (Å²) in [6.07, 6.45) is 13.7. The standard InChI is InChI=1S/C32H50N4O3/c1-6-10-23-11-8-12-24(31(38)36(32(39)33-7-2)16-9-15-35(5)20-22(4)37)17-27-26(23)18-25-19-34-28-14-13-21(3)29(27)30(25)28/h14,19,21,23-24,26-27,34H,6-13,15-18,20H2,1-5H3,(H,33,39)/t21?,23?,24-,26-,27-/m0/s1. The van der Waals surface area contributed by atoms with Crippen LogP contribution in [0.3, 0.4) is 0 Å². The molecular weight excluding hydrogens is 488 g/mol. The monoisotopic (exact) mass is 538 g/mol. The number of nitrogens with one attached hydrogen (secondary N) is 2. The Kier molecular flexibility index (Phi) is 10.1. The van der Waals surface area contributed by atoms with E-state index in [1.165, 1.54) is 33.9 Å². The van der Waals surface area contributed by atoms with Gasteiger partial charge in [-0.05, 0) is 88.8 Å². The van der Waals surface area contributed by atoms with Crippen molar-refractivity contribution in [3.63, 3.8) is 0 Å². The van der Waals surface area contributed by atoms with Crippen LogP contribution in [0.15, 0.2) is 6.20 Å². The highest BCUT2D eigenvalue weighted by molar-refractivity contribution is 5.95. The molecule has 216 valence electrons. The van der Waals surface area contributed by atoms with Crippen LogP contribution in [0.1, 0.15) is 84.6 Å². The van der Waals surface area contributed by atoms with Gasteiger partial charge >= 0.3 is 6.03 Å². The van der Waals surface area contributed by atoms with Gasteiger partial charge in [0.2, 0.25) is 5.91 Å². The summed E-state index contributed by atoms with van der Waals surface area (Å²) in [5, 5.41) is 5.59. The van der Waals surface area contributed by atoms with Crippen molar-refractivity contribution in [1.29, 1.82) is 0 Å². The average molecular weight is 539 g/mol. The lowest BCUT2D eigenvalue weighted by molar-refractivity contribution is -0.134. The van der Waals surface area contributed by atoms with Crippen LogP contribution in [-0.2, 0) is 16.0 Å². The number of ketones is 1. The maximum absolute atomic E-state index is 14.1. The largest absolute Gasteiger partial charge is 0.361 e. The SMILES string of the molecule is CCCC1CCC[C@H](C(=O)N(CCCN(C)CC(C)=O)C(=O)NCC)C[C@@H]2C3=c4c(c[nH]c4=CCC3C)C[C@@H]12. The molecule has 0 radical (unpaired) electrons. The smallest absolute Gasteiger partial charge is 0.324 e. The number of carbonyl (C=O) groups excluding carboxylic acids is 3. The molecular formula is C32H50N4O3. The maximum Gasteiger partial charge on any atom is 0.324 e. The topological polar surface area (TPSA) is 85.5 Å². The van der Waals surface area contributed by atoms with Gasteiger partial charge in [-0.3, -0.25) is 19.4 Å². The third-order valence-corrected chi connectivity index (χ3v) is 9.39. The highest BCUT2D eigenvalue weighted by Gasteiger charge is 2.42. The van der Waals surface area contributed by atoms with E-state index in [1.54, 1.807) is 12.5 Å². The molecule has 1 aromatic heterocycles. The molecule has 1 saturated carbocycles. The number of carbonyl (C=O) groups is 3. The molecule has 0 aliphatic heterocycles. The Morgan fingerprint density at radius 3 is 2.67 bits per heavy atom. The molecule has 5 atom stereocenters. The first kappa shape index (κ1) is 29.6. The molecule has 2 N–H and O–H groups in total. The fourth-order valence-corrected chi connectivity index (χ4v) is 7.74. The van der Waals surface area contributed by atoms with Crippen molar-refractivity contribution in [3.8, 4) is 0 Å². The number of aromatic nitrogens is 1. The first-order valence-corrected chi connectivity index (χ1v) is 15.4. The number of urea groups is 1. The summed E-state index contributed by atoms with van der Waals surface area (Å²) in [7, 11) is 1.91. The van der Waals surface area contributed by atoms with Crippen molar-refractivity contribution in [1.82, 2.24) is 20.1 Å². The normalized spacial score (nSPS) is 26.1. The summed E-state index contributed by atoms with van der Waals surface area (Å²) in [6.45, 7) is 10.1. The van der Waals surface area contributed by atoms with Gasteiger partial charge < -0.3 is 10.3 Å². The molecule has 39 heavy (non-hydrogen) atoms. The summed E-state index contributed by atoms with van der Waals surface area (Å²) in [5.41, 5.74) is 3.03. The van der Waals surface area contributed by atoms with Gasteiger partial charge in [-0.15, -0.1) is 0 Å². The molecule has 1 fully saturated rings. The predicted molar refractivity (Wildman–Crippen MR) is 156 cm³/mol. The highest BCUT2D eigenvalue weighted by Crippen LogP contribution is 2.47. The van der Waals surface area contributed by atoms with Gasteiger partial charge in [0.25, 0.3) is 0 Å². The molecule has 3 amide bonds. The van der Waals surface area contributed by atoms with E-state index in [9.17, 15) is 14.4 Å². The van der Waals surface area contributed by atoms with Crippen molar-refractivity contribution in [2.45, 2.75) is 85.5 Å². The minimum absolute atomic E-state index is 0.0152. The number of amides is 3. The molecule has 0 bridgehead atoms. The number of fused-ring (bicyclic) bond motifs is 2. The zero-order valence-corrected chi connectivity index (χ0v) is 24.9. The van der Waals surface area contributed by atoms with Crippen LogP contribution in [0, 0.1) is 29.6 Å². The number of likely N-dealkylation sites (N-methyl/N-ethyl adjacent to an activating group) is 1. The van der Waals surface area contributed by atoms with E-state index in [0.29, 0.717) is 56.3 Å². The Morgan fingerprint density at radius 1 is 1.15 bits per heavy atom. The molecule has 0 aromatic carbocycles. The maximum atomic E-state index is 14.1. The van der Waals surface area contributed by atoms with Gasteiger partial charge in [0.1, 0.15) is 5.78 Å². The number of nitrogens with zero attached hydrogens (tertiary/aromatic N) is 2. The fourth-order valence-electron chi connectivity index (χ4n) is 7.74. The lowest BCUT2D eigenvalue weighted by atomic mass is 9.61. The first-order chi connectivity index (χ1) is 18.7. The van der Waals surface area contributed by atoms with Crippen molar-refractivity contribution in [2.75, 3.05) is 33.2 Å². The molecule has 2 unspecified atom stereocenters. The number of aromatic amines is 1. The lowest BCUT2D eigenvalue weighted by Crippen LogP contribution is -2.49. The minimum atomic E-state index is -0.286. The summed E-state index contributed by atoms with van der Waals surface area (Å²) in [5.74, 6) is 2.07. The fraction of sp³-hybridized carbons (Fsp3) is 0.719. The Bertz CT molecular complexity index is 1150. The van der Waals surface area contributed by atoms with E-state index >= 15 is 0 Å². The van der Waals surface area contributed by atoms with Crippen molar-refractivity contribution < 1.29 is 14.4 Å². The Morgan fingerprint density at radius 2 is 1.95 bits per heavy atom. The average Bonchev–Trinajstić information content (AvgIpc) is 3.29. The molecule has 0 spiro atoms. The second-order valence-corrected chi connectivity index (χ2v) is 12.4. The molecule has 1 heterocycles. The number of Topliss-reactive ketones (excluding diaryl/α,β-unsaturated/α-hetero) is 1. The number of hydrogen-bond acceptors (Lipinski definition) is 4. The van der Waals surface area contributed by atoms with Crippen LogP contribution >= 0.6 is 0 Å². The van der Waals surface area contributed by atoms with Crippen LogP contribution in [0.2, 0.25) is 0 Å². The van der Waals surface area contributed by atoms with Crippen molar-refractivity contribution in [2.24, 2.45) is 29.6 Å². The predicted octanol–water partition coefficient (Wildman–Crippen LogP) is 3.85. The zero-order chi connectivity index (χ0) is 28.1. The van der Waals surface area contributed by atoms with Gasteiger partial charge in [0.05, 0.1) is 6.54 Å². The van der Waals surface area contributed by atoms with Crippen LogP contribution in [0.5, 0.6) is 0 Å². The number of H-pyrrole nitrogens is 1. The molecule has 4 rings (SSSR count). The molecule has 1 aromatic rings. The van der Waals surface area contributed by atoms with E-state index in [-0.39, 0.29) is 23.6 Å². The molecule has 7 heteroatoms. The molecule has 3 aliphatic carbocycles. The Labute approximate surface area is 234 Å². The Balaban J connectivity index is 1.61. The van der Waals surface area contributed by atoms with Gasteiger partial charge in [-0.2, -0.15) is 0 Å². The zero-order valence-electron chi connectivity index (χ0n) is 24.9. The van der Waals surface area contributed by atoms with Crippen molar-refractivity contribution >= 4 is 29.4 Å². The van der Waals surface area contributed by atoms with E-state index in [0.717, 1.165) is 38.5 Å². The summed E-state index contributed by atoms with van der Waals surface area (Å²) < 4.78 is 0. The number of rotatable bonds is 10. The molecule has 3 aliphatic rings. The van der Waals surface area contributed by atoms with E-state index in [1.807, 2.05) is 18.9 Å². The second-order valence-electron chi connectivity index (χ2n) is 12.4. The van der Waals surface area contributed by atoms with Crippen LogP contribution in [0.4, 0.5) is 4.79 Å².